The molecule has 2 aromatic rings. The Kier molecular flexibility index (Phi) is 4.04. The predicted octanol–water partition coefficient (Wildman–Crippen LogP) is 3.39. The minimum atomic E-state index is -1.00. The molecule has 2 aromatic carbocycles. The minimum Gasteiger partial charge on any atom is -0.497 e. The molecule has 0 aliphatic rings. The fraction of sp³-hybridized carbons (Fsp3) is 0.250. The molecule has 0 saturated carbocycles. The highest BCUT2D eigenvalue weighted by molar-refractivity contribution is 5.34. The van der Waals surface area contributed by atoms with Gasteiger partial charge in [-0.15, -0.1) is 0 Å². The maximum atomic E-state index is 14.1. The van der Waals surface area contributed by atoms with E-state index in [9.17, 15) is 8.78 Å². The lowest BCUT2D eigenvalue weighted by Gasteiger charge is -2.26. The Balaban J connectivity index is 2.33. The van der Waals surface area contributed by atoms with Crippen molar-refractivity contribution in [3.8, 4) is 5.75 Å². The molecular formula is C16H17F2NO. The number of hydrogen-bond donors (Lipinski definition) is 1. The normalized spacial score (nSPS) is 13.8. The number of halogens is 2. The first kappa shape index (κ1) is 14.5. The quantitative estimate of drug-likeness (QED) is 0.929. The van der Waals surface area contributed by atoms with Crippen molar-refractivity contribution in [2.24, 2.45) is 5.73 Å². The summed E-state index contributed by atoms with van der Waals surface area (Å²) >= 11 is 0. The van der Waals surface area contributed by atoms with Crippen molar-refractivity contribution < 1.29 is 13.5 Å². The second-order valence-corrected chi connectivity index (χ2v) is 5.03. The third-order valence-electron chi connectivity index (χ3n) is 3.31. The van der Waals surface area contributed by atoms with Gasteiger partial charge in [0.15, 0.2) is 0 Å². The molecule has 0 saturated heterocycles. The molecule has 1 unspecified atom stereocenters. The van der Waals surface area contributed by atoms with E-state index in [1.807, 2.05) is 0 Å². The monoisotopic (exact) mass is 277 g/mol. The van der Waals surface area contributed by atoms with E-state index in [1.165, 1.54) is 19.2 Å². The van der Waals surface area contributed by atoms with Gasteiger partial charge in [-0.2, -0.15) is 0 Å². The second kappa shape index (κ2) is 5.59. The van der Waals surface area contributed by atoms with Gasteiger partial charge in [0.25, 0.3) is 0 Å². The summed E-state index contributed by atoms with van der Waals surface area (Å²) in [5, 5.41) is 0. The summed E-state index contributed by atoms with van der Waals surface area (Å²) < 4.78 is 32.7. The first-order valence-electron chi connectivity index (χ1n) is 6.30. The lowest BCUT2D eigenvalue weighted by molar-refractivity contribution is 0.405. The topological polar surface area (TPSA) is 35.2 Å². The molecule has 4 heteroatoms. The van der Waals surface area contributed by atoms with Gasteiger partial charge < -0.3 is 10.5 Å². The summed E-state index contributed by atoms with van der Waals surface area (Å²) in [6.07, 6.45) is 0.211. The Morgan fingerprint density at radius 1 is 1.10 bits per heavy atom. The number of hydrogen-bond acceptors (Lipinski definition) is 2. The Bertz CT molecular complexity index is 611. The van der Waals surface area contributed by atoms with Crippen molar-refractivity contribution >= 4 is 0 Å². The maximum absolute atomic E-state index is 14.1. The second-order valence-electron chi connectivity index (χ2n) is 5.03. The lowest BCUT2D eigenvalue weighted by Crippen LogP contribution is -2.36. The van der Waals surface area contributed by atoms with E-state index in [1.54, 1.807) is 37.3 Å². The van der Waals surface area contributed by atoms with E-state index in [0.717, 1.165) is 0 Å². The molecule has 2 N–H and O–H groups in total. The standard InChI is InChI=1S/C16H17F2NO/c1-16(19,10-11-5-3-4-6-14(11)17)13-8-7-12(20-2)9-15(13)18/h3-9H,10,19H2,1-2H3. The maximum Gasteiger partial charge on any atom is 0.131 e. The van der Waals surface area contributed by atoms with Crippen LogP contribution >= 0.6 is 0 Å². The minimum absolute atomic E-state index is 0.211. The van der Waals surface area contributed by atoms with E-state index >= 15 is 0 Å². The highest BCUT2D eigenvalue weighted by Crippen LogP contribution is 2.28. The lowest BCUT2D eigenvalue weighted by atomic mass is 9.86. The van der Waals surface area contributed by atoms with Crippen LogP contribution < -0.4 is 10.5 Å². The number of rotatable bonds is 4. The predicted molar refractivity (Wildman–Crippen MR) is 74.6 cm³/mol. The molecule has 0 aliphatic carbocycles. The van der Waals surface area contributed by atoms with Gasteiger partial charge in [-0.1, -0.05) is 24.3 Å². The van der Waals surface area contributed by atoms with Crippen molar-refractivity contribution in [2.75, 3.05) is 7.11 Å². The number of methoxy groups -OCH3 is 1. The molecule has 20 heavy (non-hydrogen) atoms. The Labute approximate surface area is 117 Å². The van der Waals surface area contributed by atoms with Crippen LogP contribution in [0.5, 0.6) is 5.75 Å². The smallest absolute Gasteiger partial charge is 0.131 e. The summed E-state index contributed by atoms with van der Waals surface area (Å²) in [4.78, 5) is 0. The average molecular weight is 277 g/mol. The molecule has 0 heterocycles. The molecule has 0 radical (unpaired) electrons. The first-order valence-corrected chi connectivity index (χ1v) is 6.30. The van der Waals surface area contributed by atoms with E-state index in [0.29, 0.717) is 16.9 Å². The fourth-order valence-corrected chi connectivity index (χ4v) is 2.22. The molecule has 1 atom stereocenters. The van der Waals surface area contributed by atoms with Gasteiger partial charge in [-0.05, 0) is 31.0 Å². The summed E-state index contributed by atoms with van der Waals surface area (Å²) in [7, 11) is 1.47. The number of ether oxygens (including phenoxy) is 1. The zero-order chi connectivity index (χ0) is 14.8. The zero-order valence-corrected chi connectivity index (χ0v) is 11.5. The number of nitrogens with two attached hydrogens (primary N) is 1. The van der Waals surface area contributed by atoms with Crippen molar-refractivity contribution in [3.05, 3.63) is 65.2 Å². The van der Waals surface area contributed by atoms with Gasteiger partial charge in [-0.25, -0.2) is 8.78 Å². The van der Waals surface area contributed by atoms with Gasteiger partial charge in [0.05, 0.1) is 7.11 Å². The van der Waals surface area contributed by atoms with Crippen molar-refractivity contribution in [1.29, 1.82) is 0 Å². The molecule has 2 rings (SSSR count). The molecule has 2 nitrogen and oxygen atoms in total. The molecule has 0 spiro atoms. The molecule has 0 fully saturated rings. The molecule has 0 aromatic heterocycles. The van der Waals surface area contributed by atoms with Gasteiger partial charge in [0, 0.05) is 17.2 Å². The van der Waals surface area contributed by atoms with Crippen LogP contribution in [0.2, 0.25) is 0 Å². The SMILES string of the molecule is COc1ccc(C(C)(N)Cc2ccccc2F)c(F)c1. The Hall–Kier alpha value is -1.94. The summed E-state index contributed by atoms with van der Waals surface area (Å²) in [5.41, 5.74) is 5.98. The van der Waals surface area contributed by atoms with Crippen LogP contribution in [0.1, 0.15) is 18.1 Å². The van der Waals surface area contributed by atoms with E-state index < -0.39 is 11.4 Å². The van der Waals surface area contributed by atoms with Gasteiger partial charge in [-0.3, -0.25) is 0 Å². The highest BCUT2D eigenvalue weighted by Gasteiger charge is 2.26. The fourth-order valence-electron chi connectivity index (χ4n) is 2.22. The molecule has 0 amide bonds. The van der Waals surface area contributed by atoms with E-state index in [2.05, 4.69) is 0 Å². The van der Waals surface area contributed by atoms with Crippen LogP contribution in [0.3, 0.4) is 0 Å². The van der Waals surface area contributed by atoms with Crippen molar-refractivity contribution in [2.45, 2.75) is 18.9 Å². The van der Waals surface area contributed by atoms with Crippen LogP contribution in [0.25, 0.3) is 0 Å². The van der Waals surface area contributed by atoms with Crippen LogP contribution in [0, 0.1) is 11.6 Å². The molecule has 0 bridgehead atoms. The first-order chi connectivity index (χ1) is 9.44. The van der Waals surface area contributed by atoms with Crippen LogP contribution in [-0.4, -0.2) is 7.11 Å². The largest absolute Gasteiger partial charge is 0.497 e. The Morgan fingerprint density at radius 3 is 2.40 bits per heavy atom. The third-order valence-corrected chi connectivity index (χ3v) is 3.31. The Morgan fingerprint density at radius 2 is 1.80 bits per heavy atom. The van der Waals surface area contributed by atoms with Crippen LogP contribution in [-0.2, 0) is 12.0 Å². The van der Waals surface area contributed by atoms with E-state index in [-0.39, 0.29) is 12.2 Å². The molecular weight excluding hydrogens is 260 g/mol. The van der Waals surface area contributed by atoms with Crippen LogP contribution in [0.15, 0.2) is 42.5 Å². The van der Waals surface area contributed by atoms with Gasteiger partial charge in [0.1, 0.15) is 17.4 Å². The number of benzene rings is 2. The zero-order valence-electron chi connectivity index (χ0n) is 11.5. The van der Waals surface area contributed by atoms with Gasteiger partial charge >= 0.3 is 0 Å². The summed E-state index contributed by atoms with van der Waals surface area (Å²) in [5.74, 6) is -0.364. The molecule has 106 valence electrons. The van der Waals surface area contributed by atoms with E-state index in [4.69, 9.17) is 10.5 Å². The highest BCUT2D eigenvalue weighted by atomic mass is 19.1. The summed E-state index contributed by atoms with van der Waals surface area (Å²) in [6, 6.07) is 10.9. The average Bonchev–Trinajstić information content (AvgIpc) is 2.40. The van der Waals surface area contributed by atoms with Crippen molar-refractivity contribution in [3.63, 3.8) is 0 Å². The van der Waals surface area contributed by atoms with Crippen molar-refractivity contribution in [1.82, 2.24) is 0 Å². The third kappa shape index (κ3) is 2.96. The molecule has 0 aliphatic heterocycles. The summed E-state index contributed by atoms with van der Waals surface area (Å²) in [6.45, 7) is 1.68. The van der Waals surface area contributed by atoms with Crippen LogP contribution in [0.4, 0.5) is 8.78 Å². The van der Waals surface area contributed by atoms with Gasteiger partial charge in [0.2, 0.25) is 0 Å².